The Bertz CT molecular complexity index is 68.9. The molecule has 1 nitrogen and oxygen atoms in total. The normalized spacial score (nSPS) is 16.2. The van der Waals surface area contributed by atoms with Crippen LogP contribution in [0.5, 0.6) is 0 Å². The van der Waals surface area contributed by atoms with Crippen molar-refractivity contribution in [3.63, 3.8) is 0 Å². The zero-order valence-electron chi connectivity index (χ0n) is 5.80. The maximum atomic E-state index is 5.70. The molecule has 0 amide bonds. The van der Waals surface area contributed by atoms with Gasteiger partial charge in [0.1, 0.15) is 0 Å². The molecular weight excluding hydrogens is 315 g/mol. The van der Waals surface area contributed by atoms with E-state index in [1.165, 1.54) is 0 Å². The fourth-order valence-electron chi connectivity index (χ4n) is 0.465. The predicted molar refractivity (Wildman–Crippen MR) is 37.4 cm³/mol. The van der Waals surface area contributed by atoms with Crippen molar-refractivity contribution in [3.8, 4) is 0 Å². The molecule has 0 aliphatic heterocycles. The fourth-order valence-corrected chi connectivity index (χ4v) is 11.4. The summed E-state index contributed by atoms with van der Waals surface area (Å²) in [5.41, 5.74) is 0. The Balaban J connectivity index is 3.39. The molecule has 0 radical (unpaired) electrons. The average Bonchev–Trinajstić information content (AvgIpc) is 1.21. The summed E-state index contributed by atoms with van der Waals surface area (Å²) in [5, 5.41) is 0. The van der Waals surface area contributed by atoms with E-state index in [-0.39, 0.29) is 0 Å². The molecule has 0 bridgehead atoms. The van der Waals surface area contributed by atoms with E-state index in [1.54, 1.807) is 0 Å². The molecule has 0 aliphatic rings. The standard InChI is InChI=1S/C4H13OSi2.Pt/c1-6-5-7(2,3)4;/h6H,1-4H3;. The Hall–Kier alpha value is 1.08. The van der Waals surface area contributed by atoms with Gasteiger partial charge in [-0.3, -0.25) is 0 Å². The van der Waals surface area contributed by atoms with Crippen LogP contribution >= 0.6 is 0 Å². The molecule has 0 aromatic carbocycles. The van der Waals surface area contributed by atoms with Crippen molar-refractivity contribution in [1.82, 2.24) is 0 Å². The molecule has 4 heteroatoms. The summed E-state index contributed by atoms with van der Waals surface area (Å²) in [6.07, 6.45) is 0. The molecule has 0 rings (SSSR count). The van der Waals surface area contributed by atoms with E-state index in [4.69, 9.17) is 4.12 Å². The maximum absolute atomic E-state index is 5.70. The van der Waals surface area contributed by atoms with Gasteiger partial charge < -0.3 is 0 Å². The summed E-state index contributed by atoms with van der Waals surface area (Å²) >= 11 is 2.40. The van der Waals surface area contributed by atoms with Gasteiger partial charge in [0.2, 0.25) is 0 Å². The fraction of sp³-hybridized carbons (Fsp3) is 1.00. The van der Waals surface area contributed by atoms with Crippen LogP contribution in [-0.4, -0.2) is 15.3 Å². The second-order valence-corrected chi connectivity index (χ2v) is 14.4. The third kappa shape index (κ3) is 7.08. The summed E-state index contributed by atoms with van der Waals surface area (Å²) in [7, 11) is -1.93. The molecular formula is C4H13OPtSi2. The second kappa shape index (κ2) is 3.30. The summed E-state index contributed by atoms with van der Waals surface area (Å²) in [4.78, 5) is 0. The Morgan fingerprint density at radius 3 is 1.75 bits per heavy atom. The number of hydrogen-bond donors (Lipinski definition) is 0. The zero-order valence-corrected chi connectivity index (χ0v) is 10.2. The number of hydrogen-bond acceptors (Lipinski definition) is 1. The van der Waals surface area contributed by atoms with E-state index < -0.39 is 15.3 Å². The molecule has 0 aromatic rings. The van der Waals surface area contributed by atoms with Gasteiger partial charge in [-0.2, -0.15) is 0 Å². The van der Waals surface area contributed by atoms with Crippen LogP contribution in [0, 0.1) is 0 Å². The minimum atomic E-state index is -1.17. The molecule has 0 N–H and O–H groups in total. The van der Waals surface area contributed by atoms with Crippen molar-refractivity contribution in [2.45, 2.75) is 26.2 Å². The third-order valence-corrected chi connectivity index (χ3v) is 6.99. The molecule has 53 valence electrons. The first-order valence-electron chi connectivity index (χ1n) is 2.70. The van der Waals surface area contributed by atoms with Gasteiger partial charge in [0.05, 0.1) is 0 Å². The van der Waals surface area contributed by atoms with Crippen LogP contribution in [0.1, 0.15) is 0 Å². The van der Waals surface area contributed by atoms with Gasteiger partial charge >= 0.3 is 64.7 Å². The topological polar surface area (TPSA) is 9.23 Å². The zero-order chi connectivity index (χ0) is 6.78. The van der Waals surface area contributed by atoms with E-state index in [0.29, 0.717) is 0 Å². The van der Waals surface area contributed by atoms with Gasteiger partial charge in [0, 0.05) is 0 Å². The Morgan fingerprint density at radius 2 is 1.75 bits per heavy atom. The van der Waals surface area contributed by atoms with Crippen molar-refractivity contribution >= 4 is 15.3 Å². The van der Waals surface area contributed by atoms with E-state index in [1.807, 2.05) is 0 Å². The average molecular weight is 328 g/mol. The van der Waals surface area contributed by atoms with Gasteiger partial charge in [-0.15, -0.1) is 0 Å². The molecule has 0 spiro atoms. The summed E-state index contributed by atoms with van der Waals surface area (Å²) in [6.45, 7) is 8.90. The molecule has 0 fully saturated rings. The van der Waals surface area contributed by atoms with Gasteiger partial charge in [0.15, 0.2) is 0 Å². The molecule has 0 aromatic heterocycles. The van der Waals surface area contributed by atoms with Gasteiger partial charge in [-0.1, -0.05) is 0 Å². The summed E-state index contributed by atoms with van der Waals surface area (Å²) in [6, 6.07) is 0. The Kier molecular flexibility index (Phi) is 3.75. The molecule has 8 heavy (non-hydrogen) atoms. The van der Waals surface area contributed by atoms with Crippen LogP contribution in [-0.2, 0) is 23.2 Å². The van der Waals surface area contributed by atoms with Crippen LogP contribution in [0.2, 0.25) is 26.2 Å². The van der Waals surface area contributed by atoms with Gasteiger partial charge in [-0.05, 0) is 0 Å². The molecule has 1 unspecified atom stereocenters. The molecule has 0 saturated carbocycles. The van der Waals surface area contributed by atoms with Crippen LogP contribution in [0.15, 0.2) is 0 Å². The van der Waals surface area contributed by atoms with Crippen molar-refractivity contribution in [1.29, 1.82) is 0 Å². The first-order chi connectivity index (χ1) is 3.42. The van der Waals surface area contributed by atoms with Crippen molar-refractivity contribution in [2.75, 3.05) is 0 Å². The quantitative estimate of drug-likeness (QED) is 0.693. The van der Waals surface area contributed by atoms with Crippen LogP contribution in [0.3, 0.4) is 0 Å². The molecule has 0 aliphatic carbocycles. The van der Waals surface area contributed by atoms with Crippen molar-refractivity contribution in [2.24, 2.45) is 0 Å². The van der Waals surface area contributed by atoms with E-state index in [9.17, 15) is 0 Å². The summed E-state index contributed by atoms with van der Waals surface area (Å²) < 4.78 is 5.70. The molecule has 0 heterocycles. The first-order valence-corrected chi connectivity index (χ1v) is 12.0. The summed E-state index contributed by atoms with van der Waals surface area (Å²) in [5.74, 6) is 0. The van der Waals surface area contributed by atoms with Crippen LogP contribution in [0.25, 0.3) is 0 Å². The first kappa shape index (κ1) is 9.08. The van der Waals surface area contributed by atoms with Crippen LogP contribution in [0.4, 0.5) is 0 Å². The molecule has 0 saturated heterocycles. The van der Waals surface area contributed by atoms with Crippen molar-refractivity contribution < 1.29 is 23.2 Å². The van der Waals surface area contributed by atoms with Crippen molar-refractivity contribution in [3.05, 3.63) is 0 Å². The molecule has 1 atom stereocenters. The SMILES string of the molecule is C[SiH]([Pt])O[Si](C)(C)C. The third-order valence-electron chi connectivity index (χ3n) is 0.509. The van der Waals surface area contributed by atoms with Gasteiger partial charge in [-0.25, -0.2) is 0 Å². The Morgan fingerprint density at radius 1 is 1.38 bits per heavy atom. The van der Waals surface area contributed by atoms with E-state index in [2.05, 4.69) is 45.3 Å². The minimum absolute atomic E-state index is 0.762. The van der Waals surface area contributed by atoms with Crippen LogP contribution < -0.4 is 0 Å². The predicted octanol–water partition coefficient (Wildman–Crippen LogP) is 1.23. The van der Waals surface area contributed by atoms with E-state index >= 15 is 0 Å². The Labute approximate surface area is 64.8 Å². The monoisotopic (exact) mass is 328 g/mol. The number of rotatable bonds is 2. The second-order valence-electron chi connectivity index (χ2n) is 2.72. The van der Waals surface area contributed by atoms with Gasteiger partial charge in [0.25, 0.3) is 0 Å². The van der Waals surface area contributed by atoms with E-state index in [0.717, 1.165) is 0 Å².